The second-order valence-corrected chi connectivity index (χ2v) is 4.04. The normalized spacial score (nSPS) is 14.5. The van der Waals surface area contributed by atoms with Gasteiger partial charge < -0.3 is 20.5 Å². The molecule has 0 aliphatic heterocycles. The van der Waals surface area contributed by atoms with Gasteiger partial charge in [0.05, 0.1) is 17.6 Å². The van der Waals surface area contributed by atoms with Gasteiger partial charge in [-0.25, -0.2) is 9.78 Å². The fourth-order valence-electron chi connectivity index (χ4n) is 1.37. The largest absolute Gasteiger partial charge is 0.479 e. The Morgan fingerprint density at radius 1 is 1.53 bits per heavy atom. The number of aliphatic hydroxyl groups is 1. The number of H-pyrrole nitrogens is 1. The predicted octanol–water partition coefficient (Wildman–Crippen LogP) is 0.810. The van der Waals surface area contributed by atoms with Crippen LogP contribution >= 0.6 is 0 Å². The molecule has 1 heterocycles. The summed E-state index contributed by atoms with van der Waals surface area (Å²) >= 11 is 0. The molecule has 0 saturated carbocycles. The summed E-state index contributed by atoms with van der Waals surface area (Å²) in [4.78, 5) is 17.9. The van der Waals surface area contributed by atoms with Crippen molar-refractivity contribution >= 4 is 23.0 Å². The number of imidazole rings is 1. The van der Waals surface area contributed by atoms with Crippen LogP contribution < -0.4 is 5.32 Å². The van der Waals surface area contributed by atoms with Crippen LogP contribution in [0.1, 0.15) is 6.92 Å². The van der Waals surface area contributed by atoms with Crippen molar-refractivity contribution in [1.29, 1.82) is 0 Å². The fourth-order valence-corrected chi connectivity index (χ4v) is 1.37. The van der Waals surface area contributed by atoms with E-state index in [4.69, 9.17) is 5.11 Å². The van der Waals surface area contributed by atoms with E-state index in [9.17, 15) is 9.90 Å². The number of rotatable bonds is 4. The van der Waals surface area contributed by atoms with Gasteiger partial charge in [-0.2, -0.15) is 0 Å². The third-order valence-electron chi connectivity index (χ3n) is 2.45. The number of para-hydroxylation sites is 2. The van der Waals surface area contributed by atoms with E-state index in [1.165, 1.54) is 6.92 Å². The van der Waals surface area contributed by atoms with Crippen LogP contribution in [0.25, 0.3) is 11.0 Å². The maximum absolute atomic E-state index is 10.7. The second-order valence-electron chi connectivity index (χ2n) is 4.04. The van der Waals surface area contributed by atoms with Gasteiger partial charge in [0.25, 0.3) is 0 Å². The molecule has 6 nitrogen and oxygen atoms in total. The standard InChI is InChI=1S/C11H13N3O3/c1-11(17,9(15)16)6-12-10-13-7-4-2-3-5-8(7)14-10/h2-5,17H,6H2,1H3,(H,15,16)(H2,12,13,14). The summed E-state index contributed by atoms with van der Waals surface area (Å²) in [7, 11) is 0. The summed E-state index contributed by atoms with van der Waals surface area (Å²) in [6.45, 7) is 1.10. The lowest BCUT2D eigenvalue weighted by molar-refractivity contribution is -0.155. The van der Waals surface area contributed by atoms with Crippen LogP contribution in [0.3, 0.4) is 0 Å². The zero-order valence-electron chi connectivity index (χ0n) is 9.27. The molecule has 1 atom stereocenters. The lowest BCUT2D eigenvalue weighted by Gasteiger charge is -2.17. The minimum Gasteiger partial charge on any atom is -0.479 e. The van der Waals surface area contributed by atoms with E-state index < -0.39 is 11.6 Å². The number of carboxylic acids is 1. The molecule has 1 aromatic carbocycles. The topological polar surface area (TPSA) is 98.2 Å². The predicted molar refractivity (Wildman–Crippen MR) is 62.8 cm³/mol. The zero-order valence-corrected chi connectivity index (χ0v) is 9.27. The average molecular weight is 235 g/mol. The quantitative estimate of drug-likeness (QED) is 0.628. The first-order valence-corrected chi connectivity index (χ1v) is 5.13. The van der Waals surface area contributed by atoms with Crippen molar-refractivity contribution in [1.82, 2.24) is 9.97 Å². The van der Waals surface area contributed by atoms with Crippen LogP contribution in [0.15, 0.2) is 24.3 Å². The molecular formula is C11H13N3O3. The van der Waals surface area contributed by atoms with E-state index in [2.05, 4.69) is 15.3 Å². The van der Waals surface area contributed by atoms with Crippen molar-refractivity contribution in [3.8, 4) is 0 Å². The van der Waals surface area contributed by atoms with E-state index >= 15 is 0 Å². The van der Waals surface area contributed by atoms with Crippen molar-refractivity contribution in [2.24, 2.45) is 0 Å². The number of carbonyl (C=O) groups is 1. The molecule has 17 heavy (non-hydrogen) atoms. The van der Waals surface area contributed by atoms with E-state index in [-0.39, 0.29) is 6.54 Å². The molecular weight excluding hydrogens is 222 g/mol. The van der Waals surface area contributed by atoms with Gasteiger partial charge in [0.15, 0.2) is 5.60 Å². The number of hydrogen-bond donors (Lipinski definition) is 4. The number of aliphatic carboxylic acids is 1. The Kier molecular flexibility index (Phi) is 2.72. The first kappa shape index (κ1) is 11.4. The van der Waals surface area contributed by atoms with Gasteiger partial charge in [0.1, 0.15) is 0 Å². The molecule has 0 fully saturated rings. The van der Waals surface area contributed by atoms with Gasteiger partial charge in [-0.1, -0.05) is 12.1 Å². The molecule has 0 aliphatic rings. The Hall–Kier alpha value is -2.08. The number of aromatic amines is 1. The summed E-state index contributed by atoms with van der Waals surface area (Å²) < 4.78 is 0. The number of anilines is 1. The highest BCUT2D eigenvalue weighted by atomic mass is 16.4. The van der Waals surface area contributed by atoms with Crippen molar-refractivity contribution in [3.05, 3.63) is 24.3 Å². The molecule has 1 unspecified atom stereocenters. The lowest BCUT2D eigenvalue weighted by Crippen LogP contribution is -2.41. The second kappa shape index (κ2) is 4.06. The highest BCUT2D eigenvalue weighted by molar-refractivity contribution is 5.79. The maximum Gasteiger partial charge on any atom is 0.337 e. The molecule has 4 N–H and O–H groups in total. The maximum atomic E-state index is 10.7. The van der Waals surface area contributed by atoms with Crippen molar-refractivity contribution in [2.75, 3.05) is 11.9 Å². The number of benzene rings is 1. The molecule has 1 aromatic heterocycles. The number of nitrogens with zero attached hydrogens (tertiary/aromatic N) is 1. The number of nitrogens with one attached hydrogen (secondary N) is 2. The smallest absolute Gasteiger partial charge is 0.337 e. The number of carboxylic acid groups (broad SMARTS) is 1. The third-order valence-corrected chi connectivity index (χ3v) is 2.45. The summed E-state index contributed by atoms with van der Waals surface area (Å²) in [5.74, 6) is -0.839. The molecule has 2 rings (SSSR count). The molecule has 0 spiro atoms. The summed E-state index contributed by atoms with van der Waals surface area (Å²) in [5.41, 5.74) is -0.186. The Labute approximate surface area is 97.3 Å². The summed E-state index contributed by atoms with van der Waals surface area (Å²) in [5, 5.41) is 21.0. The minimum absolute atomic E-state index is 0.123. The molecule has 0 radical (unpaired) electrons. The van der Waals surface area contributed by atoms with E-state index in [1.807, 2.05) is 24.3 Å². The monoisotopic (exact) mass is 235 g/mol. The van der Waals surface area contributed by atoms with Gasteiger partial charge in [0, 0.05) is 0 Å². The molecule has 2 aromatic rings. The van der Waals surface area contributed by atoms with Crippen molar-refractivity contribution in [3.63, 3.8) is 0 Å². The average Bonchev–Trinajstić information content (AvgIpc) is 2.69. The first-order valence-electron chi connectivity index (χ1n) is 5.13. The Bertz CT molecular complexity index is 515. The van der Waals surface area contributed by atoms with Crippen LogP contribution in [-0.4, -0.2) is 38.3 Å². The summed E-state index contributed by atoms with van der Waals surface area (Å²) in [6, 6.07) is 7.44. The van der Waals surface area contributed by atoms with E-state index in [1.54, 1.807) is 0 Å². The van der Waals surface area contributed by atoms with Gasteiger partial charge in [-0.15, -0.1) is 0 Å². The van der Waals surface area contributed by atoms with Crippen LogP contribution in [0.5, 0.6) is 0 Å². The van der Waals surface area contributed by atoms with Gasteiger partial charge >= 0.3 is 5.97 Å². The molecule has 0 amide bonds. The molecule has 6 heteroatoms. The van der Waals surface area contributed by atoms with Gasteiger partial charge in [-0.05, 0) is 19.1 Å². The molecule has 90 valence electrons. The van der Waals surface area contributed by atoms with Crippen molar-refractivity contribution < 1.29 is 15.0 Å². The minimum atomic E-state index is -1.82. The fraction of sp³-hybridized carbons (Fsp3) is 0.273. The van der Waals surface area contributed by atoms with Crippen LogP contribution in [0.2, 0.25) is 0 Å². The Morgan fingerprint density at radius 3 is 2.88 bits per heavy atom. The highest BCUT2D eigenvalue weighted by Gasteiger charge is 2.29. The van der Waals surface area contributed by atoms with Crippen molar-refractivity contribution in [2.45, 2.75) is 12.5 Å². The van der Waals surface area contributed by atoms with Gasteiger partial charge in [0.2, 0.25) is 5.95 Å². The summed E-state index contributed by atoms with van der Waals surface area (Å²) in [6.07, 6.45) is 0. The number of fused-ring (bicyclic) bond motifs is 1. The number of aromatic nitrogens is 2. The van der Waals surface area contributed by atoms with Crippen LogP contribution in [0.4, 0.5) is 5.95 Å². The Balaban J connectivity index is 2.12. The Morgan fingerprint density at radius 2 is 2.24 bits per heavy atom. The molecule has 0 bridgehead atoms. The van der Waals surface area contributed by atoms with E-state index in [0.29, 0.717) is 5.95 Å². The van der Waals surface area contributed by atoms with Crippen LogP contribution in [-0.2, 0) is 4.79 Å². The number of hydrogen-bond acceptors (Lipinski definition) is 4. The third kappa shape index (κ3) is 2.36. The first-order chi connectivity index (χ1) is 7.99. The highest BCUT2D eigenvalue weighted by Crippen LogP contribution is 2.14. The van der Waals surface area contributed by atoms with Gasteiger partial charge in [-0.3, -0.25) is 0 Å². The molecule has 0 aliphatic carbocycles. The molecule has 0 saturated heterocycles. The SMILES string of the molecule is CC(O)(CNc1nc2ccccc2[nH]1)C(=O)O. The van der Waals surface area contributed by atoms with E-state index in [0.717, 1.165) is 11.0 Å². The zero-order chi connectivity index (χ0) is 12.5. The lowest BCUT2D eigenvalue weighted by atomic mass is 10.1. The van der Waals surface area contributed by atoms with Crippen LogP contribution in [0, 0.1) is 0 Å².